The smallest absolute Gasteiger partial charge is 0.204 e. The predicted molar refractivity (Wildman–Crippen MR) is 134 cm³/mol. The third-order valence-electron chi connectivity index (χ3n) is 5.27. The summed E-state index contributed by atoms with van der Waals surface area (Å²) in [6.07, 6.45) is 3.98. The molecule has 0 radical (unpaired) electrons. The Kier molecular flexibility index (Phi) is 5.60. The molecule has 3 aromatic carbocycles. The van der Waals surface area contributed by atoms with Gasteiger partial charge in [0.15, 0.2) is 0 Å². The summed E-state index contributed by atoms with van der Waals surface area (Å²) in [6, 6.07) is 22.8. The molecule has 0 amide bonds. The third-order valence-corrected chi connectivity index (χ3v) is 6.21. The zero-order chi connectivity index (χ0) is 21.9. The molecule has 0 aliphatic rings. The highest BCUT2D eigenvalue weighted by Crippen LogP contribution is 2.25. The highest BCUT2D eigenvalue weighted by Gasteiger charge is 2.07. The zero-order valence-corrected chi connectivity index (χ0v) is 18.9. The van der Waals surface area contributed by atoms with E-state index in [-0.39, 0.29) is 0 Å². The minimum absolute atomic E-state index is 0.599. The van der Waals surface area contributed by atoms with Crippen molar-refractivity contribution >= 4 is 43.8 Å². The lowest BCUT2D eigenvalue weighted by atomic mass is 10.1. The molecule has 0 aliphatic carbocycles. The molecule has 0 atom stereocenters. The van der Waals surface area contributed by atoms with E-state index in [1.54, 1.807) is 11.3 Å². The lowest BCUT2D eigenvalue weighted by molar-refractivity contribution is 0.300. The number of aromatic nitrogens is 2. The molecule has 0 unspecified atom stereocenters. The maximum atomic E-state index is 6.02. The van der Waals surface area contributed by atoms with Gasteiger partial charge < -0.3 is 9.30 Å². The number of fused-ring (bicyclic) bond motifs is 2. The van der Waals surface area contributed by atoms with Crippen molar-refractivity contribution in [2.75, 3.05) is 12.0 Å². The molecule has 5 aromatic rings. The normalized spacial score (nSPS) is 11.6. The maximum Gasteiger partial charge on any atom is 0.204 e. The molecule has 2 heterocycles. The summed E-state index contributed by atoms with van der Waals surface area (Å²) >= 11 is 1.59. The average Bonchev–Trinajstić information content (AvgIpc) is 3.35. The van der Waals surface area contributed by atoms with Crippen molar-refractivity contribution in [3.63, 3.8) is 0 Å². The molecule has 2 aromatic heterocycles. The predicted octanol–water partition coefficient (Wildman–Crippen LogP) is 6.39. The number of nitrogens with zero attached hydrogens (tertiary/aromatic N) is 3. The number of thiazole rings is 1. The molecule has 0 saturated carbocycles. The van der Waals surface area contributed by atoms with E-state index in [2.05, 4.69) is 88.7 Å². The summed E-state index contributed by atoms with van der Waals surface area (Å²) < 4.78 is 9.39. The van der Waals surface area contributed by atoms with Crippen LogP contribution >= 0.6 is 11.3 Å². The second-order valence-corrected chi connectivity index (χ2v) is 8.85. The van der Waals surface area contributed by atoms with Gasteiger partial charge in [-0.05, 0) is 55.3 Å². The van der Waals surface area contributed by atoms with E-state index in [1.165, 1.54) is 11.1 Å². The average molecular weight is 441 g/mol. The molecule has 160 valence electrons. The summed E-state index contributed by atoms with van der Waals surface area (Å²) in [7, 11) is 0. The van der Waals surface area contributed by atoms with Crippen molar-refractivity contribution in [3.05, 3.63) is 89.6 Å². The first-order chi connectivity index (χ1) is 15.7. The standard InChI is InChI=1S/C26H24N4OS/c1-18-13-19(2)15-21(14-18)31-12-11-30-17-20(22-7-3-5-9-24(22)30)16-27-29-26-28-23-8-4-6-10-25(23)32-26/h3-10,13-17H,11-12H2,1-2H3,(H,28,29). The monoisotopic (exact) mass is 440 g/mol. The largest absolute Gasteiger partial charge is 0.492 e. The van der Waals surface area contributed by atoms with Crippen LogP contribution in [0.3, 0.4) is 0 Å². The van der Waals surface area contributed by atoms with E-state index >= 15 is 0 Å². The van der Waals surface area contributed by atoms with Crippen molar-refractivity contribution in [2.45, 2.75) is 20.4 Å². The van der Waals surface area contributed by atoms with E-state index in [9.17, 15) is 0 Å². The van der Waals surface area contributed by atoms with Crippen LogP contribution in [0, 0.1) is 13.8 Å². The van der Waals surface area contributed by atoms with Crippen molar-refractivity contribution in [3.8, 4) is 5.75 Å². The van der Waals surface area contributed by atoms with Gasteiger partial charge in [0, 0.05) is 22.7 Å². The van der Waals surface area contributed by atoms with Gasteiger partial charge in [-0.2, -0.15) is 5.10 Å². The molecule has 1 N–H and O–H groups in total. The summed E-state index contributed by atoms with van der Waals surface area (Å²) in [5.74, 6) is 0.917. The molecular formula is C26H24N4OS. The summed E-state index contributed by atoms with van der Waals surface area (Å²) in [5, 5.41) is 6.39. The van der Waals surface area contributed by atoms with Crippen LogP contribution in [0.2, 0.25) is 0 Å². The first kappa shape index (κ1) is 20.3. The highest BCUT2D eigenvalue weighted by atomic mass is 32.1. The third kappa shape index (κ3) is 4.36. The fourth-order valence-electron chi connectivity index (χ4n) is 3.92. The number of ether oxygens (including phenoxy) is 1. The van der Waals surface area contributed by atoms with Crippen molar-refractivity contribution < 1.29 is 4.74 Å². The van der Waals surface area contributed by atoms with Crippen molar-refractivity contribution in [2.24, 2.45) is 5.10 Å². The Balaban J connectivity index is 1.31. The second-order valence-electron chi connectivity index (χ2n) is 7.82. The number of hydrogen-bond donors (Lipinski definition) is 1. The van der Waals surface area contributed by atoms with Gasteiger partial charge in [0.25, 0.3) is 0 Å². The highest BCUT2D eigenvalue weighted by molar-refractivity contribution is 7.22. The van der Waals surface area contributed by atoms with Gasteiger partial charge in [0.2, 0.25) is 5.13 Å². The van der Waals surface area contributed by atoms with E-state index in [4.69, 9.17) is 4.74 Å². The fraction of sp³-hybridized carbons (Fsp3) is 0.154. The number of benzene rings is 3. The summed E-state index contributed by atoms with van der Waals surface area (Å²) in [5.41, 5.74) is 8.70. The van der Waals surface area contributed by atoms with E-state index in [0.717, 1.165) is 44.1 Å². The quantitative estimate of drug-likeness (QED) is 0.236. The number of hydrazone groups is 1. The van der Waals surface area contributed by atoms with Gasteiger partial charge >= 0.3 is 0 Å². The lowest BCUT2D eigenvalue weighted by Crippen LogP contribution is -2.07. The number of anilines is 1. The Hall–Kier alpha value is -3.64. The minimum atomic E-state index is 0.599. The summed E-state index contributed by atoms with van der Waals surface area (Å²) in [6.45, 7) is 5.54. The van der Waals surface area contributed by atoms with Gasteiger partial charge in [-0.15, -0.1) is 0 Å². The van der Waals surface area contributed by atoms with Crippen LogP contribution in [0.1, 0.15) is 16.7 Å². The van der Waals surface area contributed by atoms with Gasteiger partial charge in [-0.25, -0.2) is 4.98 Å². The molecule has 0 fully saturated rings. The molecule has 5 nitrogen and oxygen atoms in total. The van der Waals surface area contributed by atoms with Crippen LogP contribution in [-0.2, 0) is 6.54 Å². The van der Waals surface area contributed by atoms with Crippen LogP contribution < -0.4 is 10.2 Å². The number of aryl methyl sites for hydroxylation is 2. The molecule has 6 heteroatoms. The minimum Gasteiger partial charge on any atom is -0.492 e. The van der Waals surface area contributed by atoms with Gasteiger partial charge in [0.05, 0.1) is 23.0 Å². The van der Waals surface area contributed by atoms with E-state index in [1.807, 2.05) is 24.4 Å². The lowest BCUT2D eigenvalue weighted by Gasteiger charge is -2.10. The van der Waals surface area contributed by atoms with Gasteiger partial charge in [-0.3, -0.25) is 5.43 Å². The maximum absolute atomic E-state index is 6.02. The number of rotatable bonds is 7. The van der Waals surface area contributed by atoms with Crippen molar-refractivity contribution in [1.82, 2.24) is 9.55 Å². The molecule has 0 aliphatic heterocycles. The Morgan fingerprint density at radius 2 is 1.81 bits per heavy atom. The van der Waals surface area contributed by atoms with E-state index in [0.29, 0.717) is 6.61 Å². The Bertz CT molecular complexity index is 1360. The fourth-order valence-corrected chi connectivity index (χ4v) is 4.73. The second kappa shape index (κ2) is 8.85. The van der Waals surface area contributed by atoms with Crippen LogP contribution in [-0.4, -0.2) is 22.4 Å². The van der Waals surface area contributed by atoms with Crippen molar-refractivity contribution in [1.29, 1.82) is 0 Å². The molecule has 0 saturated heterocycles. The zero-order valence-electron chi connectivity index (χ0n) is 18.1. The molecule has 32 heavy (non-hydrogen) atoms. The van der Waals surface area contributed by atoms with Crippen LogP contribution in [0.5, 0.6) is 5.75 Å². The van der Waals surface area contributed by atoms with Crippen LogP contribution in [0.15, 0.2) is 78.0 Å². The summed E-state index contributed by atoms with van der Waals surface area (Å²) in [4.78, 5) is 4.56. The first-order valence-electron chi connectivity index (χ1n) is 10.6. The number of nitrogens with one attached hydrogen (secondary N) is 1. The Morgan fingerprint density at radius 1 is 1.03 bits per heavy atom. The molecule has 0 bridgehead atoms. The van der Waals surface area contributed by atoms with Crippen LogP contribution in [0.4, 0.5) is 5.13 Å². The van der Waals surface area contributed by atoms with Gasteiger partial charge in [0.1, 0.15) is 12.4 Å². The Labute approximate surface area is 191 Å². The molecule has 5 rings (SSSR count). The first-order valence-corrected chi connectivity index (χ1v) is 11.4. The number of hydrogen-bond acceptors (Lipinski definition) is 5. The van der Waals surface area contributed by atoms with E-state index < -0.39 is 0 Å². The van der Waals surface area contributed by atoms with Gasteiger partial charge in [-0.1, -0.05) is 47.7 Å². The Morgan fingerprint density at radius 3 is 2.66 bits per heavy atom. The number of para-hydroxylation sites is 2. The molecule has 0 spiro atoms. The SMILES string of the molecule is Cc1cc(C)cc(OCCn2cc(C=NNc3nc4ccccc4s3)c3ccccc32)c1. The molecular weight excluding hydrogens is 416 g/mol. The topological polar surface area (TPSA) is 51.4 Å². The van der Waals surface area contributed by atoms with Crippen LogP contribution in [0.25, 0.3) is 21.1 Å².